The SMILES string of the molecule is COC(=O)c1ccc(Cn2cc(CN(C(=O)C3CCCc4c(OCc5ccccc5)cccc43)c3ccc(C(C)C)nc3)cn2)cc1. The van der Waals surface area contributed by atoms with Gasteiger partial charge >= 0.3 is 5.97 Å². The Labute approximate surface area is 276 Å². The number of pyridine rings is 1. The minimum Gasteiger partial charge on any atom is -0.489 e. The maximum Gasteiger partial charge on any atom is 0.337 e. The Morgan fingerprint density at radius 2 is 1.72 bits per heavy atom. The molecule has 1 unspecified atom stereocenters. The summed E-state index contributed by atoms with van der Waals surface area (Å²) in [7, 11) is 1.37. The van der Waals surface area contributed by atoms with Crippen LogP contribution >= 0.6 is 0 Å². The highest BCUT2D eigenvalue weighted by Crippen LogP contribution is 2.39. The molecule has 0 N–H and O–H groups in total. The van der Waals surface area contributed by atoms with Crippen molar-refractivity contribution in [2.45, 2.75) is 64.6 Å². The third-order valence-corrected chi connectivity index (χ3v) is 8.69. The molecule has 2 aromatic heterocycles. The van der Waals surface area contributed by atoms with E-state index in [1.165, 1.54) is 7.11 Å². The van der Waals surface area contributed by atoms with Gasteiger partial charge < -0.3 is 14.4 Å². The molecule has 240 valence electrons. The lowest BCUT2D eigenvalue weighted by Gasteiger charge is -2.31. The van der Waals surface area contributed by atoms with E-state index in [1.54, 1.807) is 12.1 Å². The number of ether oxygens (including phenoxy) is 2. The number of esters is 1. The van der Waals surface area contributed by atoms with E-state index in [0.29, 0.717) is 25.3 Å². The van der Waals surface area contributed by atoms with Crippen molar-refractivity contribution in [1.29, 1.82) is 0 Å². The van der Waals surface area contributed by atoms with Crippen LogP contribution in [0.15, 0.2) is 104 Å². The summed E-state index contributed by atoms with van der Waals surface area (Å²) in [5.41, 5.74) is 7.41. The van der Waals surface area contributed by atoms with Crippen molar-refractivity contribution in [2.24, 2.45) is 0 Å². The number of methoxy groups -OCH3 is 1. The number of amides is 1. The van der Waals surface area contributed by atoms with Gasteiger partial charge in [0.25, 0.3) is 0 Å². The summed E-state index contributed by atoms with van der Waals surface area (Å²) in [4.78, 5) is 32.9. The minimum atomic E-state index is -0.366. The molecule has 6 rings (SSSR count). The monoisotopic (exact) mass is 628 g/mol. The summed E-state index contributed by atoms with van der Waals surface area (Å²) in [5, 5.41) is 4.59. The summed E-state index contributed by atoms with van der Waals surface area (Å²) in [6.07, 6.45) is 8.13. The largest absolute Gasteiger partial charge is 0.489 e. The van der Waals surface area contributed by atoms with E-state index in [1.807, 2.05) is 82.8 Å². The fraction of sp³-hybridized carbons (Fsp3) is 0.282. The molecule has 3 aromatic carbocycles. The predicted octanol–water partition coefficient (Wildman–Crippen LogP) is 7.47. The quantitative estimate of drug-likeness (QED) is 0.141. The zero-order chi connectivity index (χ0) is 32.8. The van der Waals surface area contributed by atoms with Crippen LogP contribution in [-0.4, -0.2) is 33.8 Å². The van der Waals surface area contributed by atoms with E-state index in [-0.39, 0.29) is 23.7 Å². The smallest absolute Gasteiger partial charge is 0.337 e. The second-order valence-electron chi connectivity index (χ2n) is 12.3. The van der Waals surface area contributed by atoms with Crippen LogP contribution in [0.5, 0.6) is 5.75 Å². The highest BCUT2D eigenvalue weighted by molar-refractivity contribution is 5.98. The fourth-order valence-corrected chi connectivity index (χ4v) is 6.13. The number of hydrogen-bond acceptors (Lipinski definition) is 6. The standard InChI is InChI=1S/C39H40N4O4/c1-27(2)36-20-19-32(22-40-36)43(25-30-21-41-42(24-30)23-28-15-17-31(18-16-28)39(45)46-3)38(44)35-13-7-12-34-33(35)11-8-14-37(34)47-26-29-9-5-4-6-10-29/h4-6,8-11,14-22,24,27,35H,7,12-13,23,25-26H2,1-3H3. The molecule has 8 heteroatoms. The summed E-state index contributed by atoms with van der Waals surface area (Å²) in [5.74, 6) is 0.505. The first kappa shape index (κ1) is 31.7. The third kappa shape index (κ3) is 7.43. The number of fused-ring (bicyclic) bond motifs is 1. The van der Waals surface area contributed by atoms with Gasteiger partial charge in [0.1, 0.15) is 12.4 Å². The van der Waals surface area contributed by atoms with Crippen molar-refractivity contribution < 1.29 is 19.1 Å². The van der Waals surface area contributed by atoms with Gasteiger partial charge in [-0.15, -0.1) is 0 Å². The maximum absolute atomic E-state index is 14.6. The third-order valence-electron chi connectivity index (χ3n) is 8.69. The summed E-state index contributed by atoms with van der Waals surface area (Å²) < 4.78 is 13.0. The molecule has 1 atom stereocenters. The van der Waals surface area contributed by atoms with Gasteiger partial charge in [0, 0.05) is 17.5 Å². The summed E-state index contributed by atoms with van der Waals surface area (Å²) in [6, 6.07) is 27.5. The molecule has 0 fully saturated rings. The summed E-state index contributed by atoms with van der Waals surface area (Å²) >= 11 is 0. The molecule has 2 heterocycles. The van der Waals surface area contributed by atoms with Crippen molar-refractivity contribution in [2.75, 3.05) is 12.0 Å². The minimum absolute atomic E-state index is 0.0383. The normalized spacial score (nSPS) is 14.0. The highest BCUT2D eigenvalue weighted by Gasteiger charge is 2.32. The maximum atomic E-state index is 14.6. The number of benzene rings is 3. The topological polar surface area (TPSA) is 86.5 Å². The lowest BCUT2D eigenvalue weighted by Crippen LogP contribution is -2.36. The molecule has 8 nitrogen and oxygen atoms in total. The van der Waals surface area contributed by atoms with Crippen LogP contribution in [0.3, 0.4) is 0 Å². The van der Waals surface area contributed by atoms with Crippen molar-refractivity contribution in [3.63, 3.8) is 0 Å². The molecule has 0 bridgehead atoms. The van der Waals surface area contributed by atoms with E-state index >= 15 is 0 Å². The second kappa shape index (κ2) is 14.5. The first-order chi connectivity index (χ1) is 22.9. The first-order valence-corrected chi connectivity index (χ1v) is 16.1. The van der Waals surface area contributed by atoms with Crippen LogP contribution in [0.4, 0.5) is 5.69 Å². The molecule has 0 aliphatic heterocycles. The van der Waals surface area contributed by atoms with Crippen LogP contribution in [0.2, 0.25) is 0 Å². The van der Waals surface area contributed by atoms with Crippen molar-refractivity contribution in [3.05, 3.63) is 143 Å². The lowest BCUT2D eigenvalue weighted by molar-refractivity contribution is -0.120. The van der Waals surface area contributed by atoms with Crippen LogP contribution in [-0.2, 0) is 35.6 Å². The van der Waals surface area contributed by atoms with Gasteiger partial charge in [-0.3, -0.25) is 14.5 Å². The average molecular weight is 629 g/mol. The van der Waals surface area contributed by atoms with Gasteiger partial charge in [0.05, 0.1) is 49.8 Å². The molecule has 0 saturated heterocycles. The molecule has 0 radical (unpaired) electrons. The highest BCUT2D eigenvalue weighted by atomic mass is 16.5. The molecule has 5 aromatic rings. The van der Waals surface area contributed by atoms with Crippen molar-refractivity contribution in [3.8, 4) is 5.75 Å². The molecular formula is C39H40N4O4. The molecule has 0 saturated carbocycles. The zero-order valence-electron chi connectivity index (χ0n) is 27.1. The van der Waals surface area contributed by atoms with Crippen molar-refractivity contribution in [1.82, 2.24) is 14.8 Å². The number of aromatic nitrogens is 3. The van der Waals surface area contributed by atoms with Crippen LogP contribution in [0.25, 0.3) is 0 Å². The van der Waals surface area contributed by atoms with E-state index in [2.05, 4.69) is 37.1 Å². The Hall–Kier alpha value is -5.24. The Morgan fingerprint density at radius 3 is 2.45 bits per heavy atom. The van der Waals surface area contributed by atoms with E-state index < -0.39 is 0 Å². The van der Waals surface area contributed by atoms with E-state index in [9.17, 15) is 9.59 Å². The second-order valence-corrected chi connectivity index (χ2v) is 12.3. The number of rotatable bonds is 11. The Morgan fingerprint density at radius 1 is 0.915 bits per heavy atom. The first-order valence-electron chi connectivity index (χ1n) is 16.1. The number of nitrogens with zero attached hydrogens (tertiary/aromatic N) is 4. The van der Waals surface area contributed by atoms with Crippen LogP contribution < -0.4 is 9.64 Å². The molecule has 0 spiro atoms. The molecular weight excluding hydrogens is 588 g/mol. The molecule has 1 amide bonds. The fourth-order valence-electron chi connectivity index (χ4n) is 6.13. The number of carbonyl (C=O) groups excluding carboxylic acids is 2. The molecule has 47 heavy (non-hydrogen) atoms. The number of carbonyl (C=O) groups is 2. The number of hydrogen-bond donors (Lipinski definition) is 0. The molecule has 1 aliphatic carbocycles. The van der Waals surface area contributed by atoms with Gasteiger partial charge in [0.2, 0.25) is 5.91 Å². The molecule has 1 aliphatic rings. The number of anilines is 1. The van der Waals surface area contributed by atoms with Gasteiger partial charge in [-0.05, 0) is 77.8 Å². The van der Waals surface area contributed by atoms with Crippen LogP contribution in [0.1, 0.15) is 82.4 Å². The Bertz CT molecular complexity index is 1810. The summed E-state index contributed by atoms with van der Waals surface area (Å²) in [6.45, 7) is 5.59. The lowest BCUT2D eigenvalue weighted by atomic mass is 9.81. The Balaban J connectivity index is 1.25. The van der Waals surface area contributed by atoms with Crippen LogP contribution in [0, 0.1) is 0 Å². The Kier molecular flexibility index (Phi) is 9.76. The van der Waals surface area contributed by atoms with E-state index in [4.69, 9.17) is 14.5 Å². The van der Waals surface area contributed by atoms with Gasteiger partial charge in [0.15, 0.2) is 0 Å². The van der Waals surface area contributed by atoms with Crippen molar-refractivity contribution >= 4 is 17.6 Å². The van der Waals surface area contributed by atoms with Gasteiger partial charge in [-0.2, -0.15) is 5.10 Å². The predicted molar refractivity (Wildman–Crippen MR) is 182 cm³/mol. The van der Waals surface area contributed by atoms with Gasteiger partial charge in [-0.1, -0.05) is 68.4 Å². The zero-order valence-corrected chi connectivity index (χ0v) is 27.1. The average Bonchev–Trinajstić information content (AvgIpc) is 3.56. The van der Waals surface area contributed by atoms with E-state index in [0.717, 1.165) is 64.2 Å². The van der Waals surface area contributed by atoms with Gasteiger partial charge in [-0.25, -0.2) is 4.79 Å².